The standard InChI is InChI=1S/C34H32ClF5N6O6/c1-18(2)26(28(47)34(39,40)32(51)43-17-33(36,37)38)45-31(50)27(20-9-11-22(52-3)12-10-20)46-30(49)25(44-29(48)24-6-4-5-13-42-24)15-19-7-8-21(16-41)23(35)14-19/h4-14,18,25-27H,15,17H2,1-3H3,(H,43,51)(H,44,48)(H,45,50)(H,46,49)/t25?,26-,27?/m0/s1. The van der Waals surface area contributed by atoms with Gasteiger partial charge in [0.25, 0.3) is 11.8 Å². The van der Waals surface area contributed by atoms with Gasteiger partial charge in [-0.1, -0.05) is 49.7 Å². The Labute approximate surface area is 299 Å². The van der Waals surface area contributed by atoms with Crippen LogP contribution < -0.4 is 26.0 Å². The van der Waals surface area contributed by atoms with E-state index in [9.17, 15) is 51.2 Å². The Morgan fingerprint density at radius 2 is 1.60 bits per heavy atom. The number of benzene rings is 2. The number of methoxy groups -OCH3 is 1. The fraction of sp³-hybridized carbons (Fsp3) is 0.324. The molecule has 2 aromatic carbocycles. The molecule has 4 N–H and O–H groups in total. The lowest BCUT2D eigenvalue weighted by Crippen LogP contribution is -2.58. The van der Waals surface area contributed by atoms with Crippen LogP contribution in [0.25, 0.3) is 0 Å². The van der Waals surface area contributed by atoms with Crippen LogP contribution in [0.2, 0.25) is 5.02 Å². The molecule has 2 unspecified atom stereocenters. The highest BCUT2D eigenvalue weighted by Crippen LogP contribution is 2.24. The Bertz CT molecular complexity index is 1820. The molecule has 3 rings (SSSR count). The highest BCUT2D eigenvalue weighted by molar-refractivity contribution is 6.31. The number of carbonyl (C=O) groups excluding carboxylic acids is 5. The van der Waals surface area contributed by atoms with Crippen LogP contribution in [0.15, 0.2) is 66.9 Å². The number of hydrogen-bond donors (Lipinski definition) is 4. The fourth-order valence-electron chi connectivity index (χ4n) is 4.66. The number of hydrogen-bond acceptors (Lipinski definition) is 8. The number of aromatic nitrogens is 1. The summed E-state index contributed by atoms with van der Waals surface area (Å²) in [7, 11) is 1.36. The first-order valence-corrected chi connectivity index (χ1v) is 15.7. The minimum absolute atomic E-state index is 0.0486. The van der Waals surface area contributed by atoms with Gasteiger partial charge in [0.2, 0.25) is 17.6 Å². The molecule has 1 aromatic heterocycles. The van der Waals surface area contributed by atoms with E-state index in [1.807, 2.05) is 6.07 Å². The number of ether oxygens (including phenoxy) is 1. The zero-order valence-corrected chi connectivity index (χ0v) is 28.4. The maximum absolute atomic E-state index is 14.9. The van der Waals surface area contributed by atoms with Crippen LogP contribution in [0.5, 0.6) is 5.75 Å². The molecular formula is C34H32ClF5N6O6. The summed E-state index contributed by atoms with van der Waals surface area (Å²) in [6.45, 7) is 0.338. The monoisotopic (exact) mass is 750 g/mol. The molecular weight excluding hydrogens is 719 g/mol. The van der Waals surface area contributed by atoms with Gasteiger partial charge < -0.3 is 26.0 Å². The summed E-state index contributed by atoms with van der Waals surface area (Å²) in [4.78, 5) is 69.7. The van der Waals surface area contributed by atoms with Crippen molar-refractivity contribution in [1.29, 1.82) is 5.26 Å². The number of carbonyl (C=O) groups is 5. The summed E-state index contributed by atoms with van der Waals surface area (Å²) in [5.74, 6) is -13.5. The zero-order chi connectivity index (χ0) is 38.8. The third kappa shape index (κ3) is 10.9. The Kier molecular flexibility index (Phi) is 13.8. The number of nitriles is 1. The number of nitrogens with zero attached hydrogens (tertiary/aromatic N) is 2. The molecule has 0 spiro atoms. The summed E-state index contributed by atoms with van der Waals surface area (Å²) >= 11 is 6.17. The number of halogens is 6. The van der Waals surface area contributed by atoms with Gasteiger partial charge in [-0.15, -0.1) is 0 Å². The second-order valence-corrected chi connectivity index (χ2v) is 12.0. The van der Waals surface area contributed by atoms with Crippen molar-refractivity contribution >= 4 is 41.0 Å². The topological polar surface area (TPSA) is 179 Å². The third-order valence-corrected chi connectivity index (χ3v) is 7.71. The number of rotatable bonds is 15. The maximum atomic E-state index is 14.9. The number of amides is 4. The van der Waals surface area contributed by atoms with E-state index in [1.165, 1.54) is 81.8 Å². The molecule has 3 atom stereocenters. The van der Waals surface area contributed by atoms with Crippen LogP contribution in [-0.2, 0) is 25.6 Å². The number of ketones is 1. The van der Waals surface area contributed by atoms with Crippen molar-refractivity contribution in [2.45, 2.75) is 50.5 Å². The molecule has 0 radical (unpaired) electrons. The first-order chi connectivity index (χ1) is 24.4. The number of alkyl halides is 5. The second kappa shape index (κ2) is 17.5. The predicted octanol–water partition coefficient (Wildman–Crippen LogP) is 3.84. The van der Waals surface area contributed by atoms with E-state index in [4.69, 9.17) is 16.3 Å². The van der Waals surface area contributed by atoms with Gasteiger partial charge in [-0.2, -0.15) is 27.2 Å². The number of Topliss-reactive ketones (excluding diaryl/α,β-unsaturated/α-hetero) is 1. The number of nitrogens with one attached hydrogen (secondary N) is 4. The lowest BCUT2D eigenvalue weighted by atomic mass is 9.94. The van der Waals surface area contributed by atoms with E-state index in [1.54, 1.807) is 6.07 Å². The third-order valence-electron chi connectivity index (χ3n) is 7.40. The maximum Gasteiger partial charge on any atom is 0.405 e. The largest absolute Gasteiger partial charge is 0.497 e. The van der Waals surface area contributed by atoms with Gasteiger partial charge >= 0.3 is 12.1 Å². The quantitative estimate of drug-likeness (QED) is 0.134. The molecule has 52 heavy (non-hydrogen) atoms. The molecule has 0 fully saturated rings. The average molecular weight is 751 g/mol. The second-order valence-electron chi connectivity index (χ2n) is 11.6. The van der Waals surface area contributed by atoms with E-state index >= 15 is 0 Å². The SMILES string of the molecule is COc1ccc(C(NC(=O)C(Cc2ccc(C#N)c(Cl)c2)NC(=O)c2ccccn2)C(=O)N[C@H](C(=O)C(F)(F)C(=O)NCC(F)(F)F)C(C)C)cc1. The van der Waals surface area contributed by atoms with Gasteiger partial charge in [-0.05, 0) is 53.4 Å². The van der Waals surface area contributed by atoms with Crippen molar-refractivity contribution in [2.75, 3.05) is 13.7 Å². The minimum Gasteiger partial charge on any atom is -0.497 e. The van der Waals surface area contributed by atoms with E-state index in [2.05, 4.69) is 20.9 Å². The summed E-state index contributed by atoms with van der Waals surface area (Å²) < 4.78 is 72.6. The minimum atomic E-state index is -5.05. The summed E-state index contributed by atoms with van der Waals surface area (Å²) in [5.41, 5.74) is 0.499. The molecule has 0 aliphatic rings. The molecule has 0 aliphatic carbocycles. The first kappa shape index (κ1) is 40.8. The molecule has 0 saturated carbocycles. The van der Waals surface area contributed by atoms with Crippen LogP contribution in [0.3, 0.4) is 0 Å². The molecule has 1 heterocycles. The van der Waals surface area contributed by atoms with Crippen LogP contribution in [-0.4, -0.2) is 72.2 Å². The van der Waals surface area contributed by atoms with Crippen molar-refractivity contribution in [3.05, 3.63) is 94.3 Å². The average Bonchev–Trinajstić information content (AvgIpc) is 3.11. The van der Waals surface area contributed by atoms with Gasteiger partial charge in [0.1, 0.15) is 36.1 Å². The highest BCUT2D eigenvalue weighted by atomic mass is 35.5. The zero-order valence-electron chi connectivity index (χ0n) is 27.7. The smallest absolute Gasteiger partial charge is 0.405 e. The summed E-state index contributed by atoms with van der Waals surface area (Å²) in [5, 5.41) is 17.3. The van der Waals surface area contributed by atoms with Gasteiger partial charge in [-0.25, -0.2) is 0 Å². The van der Waals surface area contributed by atoms with Crippen LogP contribution in [0.1, 0.15) is 47.1 Å². The Morgan fingerprint density at radius 1 is 0.923 bits per heavy atom. The van der Waals surface area contributed by atoms with Gasteiger partial charge in [0.15, 0.2) is 0 Å². The predicted molar refractivity (Wildman–Crippen MR) is 175 cm³/mol. The Balaban J connectivity index is 1.98. The van der Waals surface area contributed by atoms with Gasteiger partial charge in [0.05, 0.1) is 23.7 Å². The van der Waals surface area contributed by atoms with Gasteiger partial charge in [0, 0.05) is 12.6 Å². The van der Waals surface area contributed by atoms with E-state index in [-0.39, 0.29) is 28.3 Å². The molecule has 4 amide bonds. The van der Waals surface area contributed by atoms with Crippen molar-refractivity contribution in [1.82, 2.24) is 26.3 Å². The molecule has 276 valence electrons. The molecule has 0 aliphatic heterocycles. The van der Waals surface area contributed by atoms with E-state index in [0.29, 0.717) is 11.3 Å². The number of pyridine rings is 1. The van der Waals surface area contributed by atoms with Crippen molar-refractivity contribution in [3.63, 3.8) is 0 Å². The van der Waals surface area contributed by atoms with Crippen molar-refractivity contribution in [2.24, 2.45) is 5.92 Å². The molecule has 12 nitrogen and oxygen atoms in total. The Morgan fingerprint density at radius 3 is 2.13 bits per heavy atom. The van der Waals surface area contributed by atoms with Crippen LogP contribution >= 0.6 is 11.6 Å². The molecule has 0 saturated heterocycles. The van der Waals surface area contributed by atoms with Crippen LogP contribution in [0, 0.1) is 17.2 Å². The summed E-state index contributed by atoms with van der Waals surface area (Å²) in [6.07, 6.45) is -3.95. The molecule has 0 bridgehead atoms. The van der Waals surface area contributed by atoms with Crippen LogP contribution in [0.4, 0.5) is 22.0 Å². The molecule has 18 heteroatoms. The lowest BCUT2D eigenvalue weighted by Gasteiger charge is -2.28. The Hall–Kier alpha value is -5.63. The van der Waals surface area contributed by atoms with E-state index < -0.39 is 72.1 Å². The highest BCUT2D eigenvalue weighted by Gasteiger charge is 2.52. The lowest BCUT2D eigenvalue weighted by molar-refractivity contribution is -0.165. The normalized spacial score (nSPS) is 13.2. The van der Waals surface area contributed by atoms with Crippen molar-refractivity contribution in [3.8, 4) is 11.8 Å². The van der Waals surface area contributed by atoms with Crippen molar-refractivity contribution < 1.29 is 50.7 Å². The fourth-order valence-corrected chi connectivity index (χ4v) is 4.91. The van der Waals surface area contributed by atoms with Gasteiger partial charge in [-0.3, -0.25) is 29.0 Å². The summed E-state index contributed by atoms with van der Waals surface area (Å²) in [6, 6.07) is 10.8. The first-order valence-electron chi connectivity index (χ1n) is 15.3. The van der Waals surface area contributed by atoms with E-state index in [0.717, 1.165) is 5.32 Å². The molecule has 3 aromatic rings.